The summed E-state index contributed by atoms with van der Waals surface area (Å²) in [5.41, 5.74) is 1.67. The molecule has 0 amide bonds. The Hall–Kier alpha value is -1.56. The van der Waals surface area contributed by atoms with Crippen LogP contribution in [0.15, 0.2) is 12.1 Å². The first kappa shape index (κ1) is 12.9. The molecule has 0 atom stereocenters. The molecule has 3 nitrogen and oxygen atoms in total. The first-order valence-electron chi connectivity index (χ1n) is 6.72. The number of aromatic nitrogens is 1. The van der Waals surface area contributed by atoms with Gasteiger partial charge in [-0.2, -0.15) is 0 Å². The Bertz CT molecular complexity index is 451. The molecular formula is C15H21N3. The summed E-state index contributed by atoms with van der Waals surface area (Å²) >= 11 is 0. The normalized spacial score (nSPS) is 16.9. The second-order valence-electron chi connectivity index (χ2n) is 5.48. The van der Waals surface area contributed by atoms with Gasteiger partial charge in [0.2, 0.25) is 5.69 Å². The molecule has 3 heteroatoms. The first-order valence-corrected chi connectivity index (χ1v) is 6.72. The topological polar surface area (TPSA) is 20.5 Å². The molecule has 0 aromatic carbocycles. The van der Waals surface area contributed by atoms with E-state index in [4.69, 9.17) is 6.57 Å². The average Bonchev–Trinajstić information content (AvgIpc) is 2.39. The number of rotatable bonds is 2. The lowest BCUT2D eigenvalue weighted by molar-refractivity contribution is 0.311. The molecule has 1 aliphatic heterocycles. The molecule has 1 aromatic rings. The van der Waals surface area contributed by atoms with Gasteiger partial charge in [-0.1, -0.05) is 26.0 Å². The van der Waals surface area contributed by atoms with Gasteiger partial charge in [-0.25, -0.2) is 9.83 Å². The Morgan fingerprint density at radius 1 is 1.33 bits per heavy atom. The Kier molecular flexibility index (Phi) is 3.86. The Morgan fingerprint density at radius 2 is 2.00 bits per heavy atom. The number of piperidine rings is 1. The molecule has 1 aromatic heterocycles. The van der Waals surface area contributed by atoms with Gasteiger partial charge in [0.25, 0.3) is 0 Å². The highest BCUT2D eigenvalue weighted by Crippen LogP contribution is 2.32. The molecule has 0 N–H and O–H groups in total. The number of pyridine rings is 1. The quantitative estimate of drug-likeness (QED) is 0.736. The molecule has 0 aliphatic carbocycles. The average molecular weight is 243 g/mol. The molecule has 2 rings (SSSR count). The summed E-state index contributed by atoms with van der Waals surface area (Å²) in [6.07, 6.45) is 2.43. The minimum Gasteiger partial charge on any atom is -0.365 e. The summed E-state index contributed by atoms with van der Waals surface area (Å²) in [4.78, 5) is 10.4. The molecule has 0 saturated carbocycles. The molecular weight excluding hydrogens is 222 g/mol. The lowest BCUT2D eigenvalue weighted by Gasteiger charge is -2.35. The third-order valence-corrected chi connectivity index (χ3v) is 3.90. The number of anilines is 1. The third-order valence-electron chi connectivity index (χ3n) is 3.90. The zero-order chi connectivity index (χ0) is 13.1. The molecule has 96 valence electrons. The van der Waals surface area contributed by atoms with Crippen molar-refractivity contribution in [2.75, 3.05) is 18.0 Å². The van der Waals surface area contributed by atoms with Crippen molar-refractivity contribution < 1.29 is 0 Å². The minimum absolute atomic E-state index is 0.684. The second-order valence-corrected chi connectivity index (χ2v) is 5.48. The van der Waals surface area contributed by atoms with Gasteiger partial charge in [-0.3, -0.25) is 0 Å². The van der Waals surface area contributed by atoms with Crippen molar-refractivity contribution in [3.8, 4) is 0 Å². The van der Waals surface area contributed by atoms with Crippen LogP contribution < -0.4 is 4.90 Å². The monoisotopic (exact) mass is 243 g/mol. The summed E-state index contributed by atoms with van der Waals surface area (Å²) in [6.45, 7) is 15.9. The predicted octanol–water partition coefficient (Wildman–Crippen LogP) is 3.81. The van der Waals surface area contributed by atoms with E-state index in [1.807, 2.05) is 19.1 Å². The maximum atomic E-state index is 7.24. The van der Waals surface area contributed by atoms with Crippen LogP contribution >= 0.6 is 0 Å². The van der Waals surface area contributed by atoms with Crippen molar-refractivity contribution in [1.82, 2.24) is 4.98 Å². The van der Waals surface area contributed by atoms with E-state index in [-0.39, 0.29) is 0 Å². The molecule has 1 aliphatic rings. The van der Waals surface area contributed by atoms with E-state index in [1.165, 1.54) is 12.8 Å². The maximum Gasteiger partial charge on any atom is 0.228 e. The van der Waals surface area contributed by atoms with Gasteiger partial charge < -0.3 is 4.90 Å². The highest BCUT2D eigenvalue weighted by atomic mass is 15.2. The van der Waals surface area contributed by atoms with Gasteiger partial charge in [-0.05, 0) is 31.6 Å². The molecule has 0 spiro atoms. The van der Waals surface area contributed by atoms with Crippen LogP contribution in [0.3, 0.4) is 0 Å². The van der Waals surface area contributed by atoms with Crippen LogP contribution in [0.2, 0.25) is 0 Å². The van der Waals surface area contributed by atoms with Crippen molar-refractivity contribution in [3.63, 3.8) is 0 Å². The van der Waals surface area contributed by atoms with Crippen molar-refractivity contribution in [2.45, 2.75) is 33.6 Å². The van der Waals surface area contributed by atoms with E-state index in [9.17, 15) is 0 Å². The highest BCUT2D eigenvalue weighted by Gasteiger charge is 2.23. The van der Waals surface area contributed by atoms with Crippen LogP contribution in [0.4, 0.5) is 11.5 Å². The molecule has 0 radical (unpaired) electrons. The van der Waals surface area contributed by atoms with E-state index in [1.54, 1.807) is 0 Å². The van der Waals surface area contributed by atoms with E-state index < -0.39 is 0 Å². The number of aryl methyl sites for hydroxylation is 1. The Labute approximate surface area is 110 Å². The largest absolute Gasteiger partial charge is 0.365 e. The van der Waals surface area contributed by atoms with Crippen LogP contribution in [0.5, 0.6) is 0 Å². The number of nitrogens with zero attached hydrogens (tertiary/aromatic N) is 3. The summed E-state index contributed by atoms with van der Waals surface area (Å²) in [7, 11) is 0. The van der Waals surface area contributed by atoms with Crippen molar-refractivity contribution in [2.24, 2.45) is 11.8 Å². The van der Waals surface area contributed by atoms with Crippen LogP contribution in [0, 0.1) is 25.3 Å². The fourth-order valence-corrected chi connectivity index (χ4v) is 2.63. The van der Waals surface area contributed by atoms with Crippen LogP contribution in [-0.4, -0.2) is 18.1 Å². The van der Waals surface area contributed by atoms with Crippen molar-refractivity contribution in [1.29, 1.82) is 0 Å². The maximum absolute atomic E-state index is 7.24. The number of hydrogen-bond acceptors (Lipinski definition) is 2. The third kappa shape index (κ3) is 2.64. The summed E-state index contributed by atoms with van der Waals surface area (Å²) < 4.78 is 0. The summed E-state index contributed by atoms with van der Waals surface area (Å²) in [6, 6.07) is 3.80. The smallest absolute Gasteiger partial charge is 0.228 e. The van der Waals surface area contributed by atoms with E-state index in [0.29, 0.717) is 5.69 Å². The molecule has 0 unspecified atom stereocenters. The fraction of sp³-hybridized carbons (Fsp3) is 0.600. The zero-order valence-electron chi connectivity index (χ0n) is 11.5. The van der Waals surface area contributed by atoms with Gasteiger partial charge in [0.05, 0.1) is 6.57 Å². The molecule has 1 saturated heterocycles. The highest BCUT2D eigenvalue weighted by molar-refractivity contribution is 5.66. The van der Waals surface area contributed by atoms with Gasteiger partial charge in [-0.15, -0.1) is 0 Å². The summed E-state index contributed by atoms with van der Waals surface area (Å²) in [5, 5.41) is 0. The van der Waals surface area contributed by atoms with Crippen molar-refractivity contribution in [3.05, 3.63) is 29.2 Å². The van der Waals surface area contributed by atoms with Gasteiger partial charge in [0.1, 0.15) is 5.82 Å². The first-order chi connectivity index (χ1) is 8.61. The van der Waals surface area contributed by atoms with E-state index >= 15 is 0 Å². The van der Waals surface area contributed by atoms with Crippen LogP contribution in [-0.2, 0) is 0 Å². The SMILES string of the molecule is [C-]#[N+]c1ccc(C)nc1N1CCC(C(C)C)CC1. The van der Waals surface area contributed by atoms with Gasteiger partial charge >= 0.3 is 0 Å². The summed E-state index contributed by atoms with van der Waals surface area (Å²) in [5.74, 6) is 2.47. The predicted molar refractivity (Wildman–Crippen MR) is 75.0 cm³/mol. The lowest BCUT2D eigenvalue weighted by atomic mass is 9.87. The molecule has 1 fully saturated rings. The second kappa shape index (κ2) is 5.39. The van der Waals surface area contributed by atoms with Crippen molar-refractivity contribution >= 4 is 11.5 Å². The fourth-order valence-electron chi connectivity index (χ4n) is 2.63. The Morgan fingerprint density at radius 3 is 2.56 bits per heavy atom. The molecule has 0 bridgehead atoms. The number of hydrogen-bond donors (Lipinski definition) is 0. The van der Waals surface area contributed by atoms with E-state index in [0.717, 1.165) is 36.4 Å². The van der Waals surface area contributed by atoms with Crippen LogP contribution in [0.25, 0.3) is 4.85 Å². The molecule has 2 heterocycles. The lowest BCUT2D eigenvalue weighted by Crippen LogP contribution is -2.35. The standard InChI is InChI=1S/C15H21N3/c1-11(2)13-7-9-18(10-8-13)15-14(16-4)6-5-12(3)17-15/h5-6,11,13H,7-10H2,1-3H3. The minimum atomic E-state index is 0.684. The van der Waals surface area contributed by atoms with Crippen LogP contribution in [0.1, 0.15) is 32.4 Å². The van der Waals surface area contributed by atoms with E-state index in [2.05, 4.69) is 28.6 Å². The molecule has 18 heavy (non-hydrogen) atoms. The Balaban J connectivity index is 2.14. The van der Waals surface area contributed by atoms with Gasteiger partial charge in [0, 0.05) is 18.8 Å². The van der Waals surface area contributed by atoms with Gasteiger partial charge in [0.15, 0.2) is 0 Å². The zero-order valence-corrected chi connectivity index (χ0v) is 11.5.